The highest BCUT2D eigenvalue weighted by molar-refractivity contribution is 5.95. The lowest BCUT2D eigenvalue weighted by molar-refractivity contribution is 0.0938. The summed E-state index contributed by atoms with van der Waals surface area (Å²) in [6, 6.07) is 19.8. The first-order valence-electron chi connectivity index (χ1n) is 9.76. The van der Waals surface area contributed by atoms with Crippen molar-refractivity contribution >= 4 is 17.4 Å². The van der Waals surface area contributed by atoms with Gasteiger partial charge in [-0.3, -0.25) is 4.79 Å². The molecule has 0 bridgehead atoms. The van der Waals surface area contributed by atoms with E-state index in [0.717, 1.165) is 29.8 Å². The minimum Gasteiger partial charge on any atom is -0.349 e. The second kappa shape index (κ2) is 8.21. The van der Waals surface area contributed by atoms with Crippen LogP contribution in [0.15, 0.2) is 60.7 Å². The van der Waals surface area contributed by atoms with Gasteiger partial charge in [-0.15, -0.1) is 10.2 Å². The van der Waals surface area contributed by atoms with Crippen LogP contribution in [0.4, 0.5) is 11.5 Å². The largest absolute Gasteiger partial charge is 0.349 e. The minimum atomic E-state index is -0.0172. The van der Waals surface area contributed by atoms with E-state index in [9.17, 15) is 4.79 Å². The van der Waals surface area contributed by atoms with Gasteiger partial charge in [0.2, 0.25) is 0 Å². The van der Waals surface area contributed by atoms with Gasteiger partial charge in [-0.1, -0.05) is 42.7 Å². The number of benzene rings is 2. The second-order valence-electron chi connectivity index (χ2n) is 7.33. The molecule has 1 aromatic heterocycles. The van der Waals surface area contributed by atoms with Gasteiger partial charge in [-0.2, -0.15) is 0 Å². The molecule has 1 heterocycles. The van der Waals surface area contributed by atoms with Crippen molar-refractivity contribution in [2.24, 2.45) is 0 Å². The van der Waals surface area contributed by atoms with Crippen LogP contribution in [0.1, 0.15) is 41.6 Å². The summed E-state index contributed by atoms with van der Waals surface area (Å²) in [7, 11) is 0. The van der Waals surface area contributed by atoms with Gasteiger partial charge in [-0.05, 0) is 56.2 Å². The number of carbonyl (C=O) groups excluding carboxylic acids is 1. The number of amides is 1. The van der Waals surface area contributed by atoms with Crippen LogP contribution in [0.3, 0.4) is 0 Å². The highest BCUT2D eigenvalue weighted by Crippen LogP contribution is 2.21. The van der Waals surface area contributed by atoms with Crippen LogP contribution in [0.2, 0.25) is 0 Å². The Hall–Kier alpha value is -3.21. The summed E-state index contributed by atoms with van der Waals surface area (Å²) >= 11 is 0. The molecule has 0 spiro atoms. The van der Waals surface area contributed by atoms with E-state index in [4.69, 9.17) is 0 Å². The van der Waals surface area contributed by atoms with Gasteiger partial charge in [0.1, 0.15) is 0 Å². The number of nitrogens with zero attached hydrogens (tertiary/aromatic N) is 2. The number of anilines is 2. The SMILES string of the molecule is Cc1cccc(-c2ccc(Nc3cccc(C(=O)NC4CCCC4)c3)nn2)c1. The maximum absolute atomic E-state index is 12.5. The van der Waals surface area contributed by atoms with Gasteiger partial charge in [0, 0.05) is 22.9 Å². The Kier molecular flexibility index (Phi) is 5.33. The first-order valence-corrected chi connectivity index (χ1v) is 9.76. The lowest BCUT2D eigenvalue weighted by Gasteiger charge is -2.13. The summed E-state index contributed by atoms with van der Waals surface area (Å²) in [5.74, 6) is 0.626. The third-order valence-electron chi connectivity index (χ3n) is 5.07. The van der Waals surface area contributed by atoms with E-state index in [-0.39, 0.29) is 5.91 Å². The first-order chi connectivity index (χ1) is 13.7. The molecule has 4 rings (SSSR count). The molecule has 0 aliphatic heterocycles. The predicted octanol–water partition coefficient (Wildman–Crippen LogP) is 4.87. The molecule has 28 heavy (non-hydrogen) atoms. The Morgan fingerprint density at radius 3 is 2.54 bits per heavy atom. The Balaban J connectivity index is 1.44. The summed E-state index contributed by atoms with van der Waals surface area (Å²) in [5.41, 5.74) is 4.54. The summed E-state index contributed by atoms with van der Waals surface area (Å²) < 4.78 is 0. The lowest BCUT2D eigenvalue weighted by atomic mass is 10.1. The Bertz CT molecular complexity index is 962. The summed E-state index contributed by atoms with van der Waals surface area (Å²) in [5, 5.41) is 14.9. The zero-order chi connectivity index (χ0) is 19.3. The van der Waals surface area contributed by atoms with Gasteiger partial charge in [-0.25, -0.2) is 0 Å². The molecule has 5 heteroatoms. The Labute approximate surface area is 165 Å². The maximum Gasteiger partial charge on any atom is 0.251 e. The highest BCUT2D eigenvalue weighted by atomic mass is 16.1. The standard InChI is InChI=1S/C23H24N4O/c1-16-6-4-7-17(14-16)21-12-13-22(27-26-21)24-20-11-5-8-18(15-20)23(28)25-19-9-2-3-10-19/h4-8,11-15,19H,2-3,9-10H2,1H3,(H,24,27)(H,25,28). The summed E-state index contributed by atoms with van der Waals surface area (Å²) in [6.07, 6.45) is 4.55. The van der Waals surface area contributed by atoms with Crippen molar-refractivity contribution in [2.45, 2.75) is 38.6 Å². The molecule has 142 valence electrons. The van der Waals surface area contributed by atoms with Gasteiger partial charge < -0.3 is 10.6 Å². The van der Waals surface area contributed by atoms with E-state index in [0.29, 0.717) is 17.4 Å². The fraction of sp³-hybridized carbons (Fsp3) is 0.261. The fourth-order valence-electron chi connectivity index (χ4n) is 3.58. The van der Waals surface area contributed by atoms with Crippen LogP contribution >= 0.6 is 0 Å². The molecule has 2 N–H and O–H groups in total. The van der Waals surface area contributed by atoms with Crippen molar-refractivity contribution < 1.29 is 4.79 Å². The Morgan fingerprint density at radius 2 is 1.79 bits per heavy atom. The second-order valence-corrected chi connectivity index (χ2v) is 7.33. The number of hydrogen-bond donors (Lipinski definition) is 2. The summed E-state index contributed by atoms with van der Waals surface area (Å²) in [6.45, 7) is 2.06. The number of rotatable bonds is 5. The molecular formula is C23H24N4O. The average molecular weight is 372 g/mol. The van der Waals surface area contributed by atoms with E-state index in [2.05, 4.69) is 39.9 Å². The molecule has 0 radical (unpaired) electrons. The van der Waals surface area contributed by atoms with E-state index in [1.165, 1.54) is 18.4 Å². The monoisotopic (exact) mass is 372 g/mol. The molecule has 3 aromatic rings. The molecule has 1 fully saturated rings. The van der Waals surface area contributed by atoms with Gasteiger partial charge in [0.15, 0.2) is 5.82 Å². The number of aromatic nitrogens is 2. The highest BCUT2D eigenvalue weighted by Gasteiger charge is 2.18. The van der Waals surface area contributed by atoms with Crippen molar-refractivity contribution in [3.63, 3.8) is 0 Å². The Morgan fingerprint density at radius 1 is 0.964 bits per heavy atom. The van der Waals surface area contributed by atoms with E-state index < -0.39 is 0 Å². The summed E-state index contributed by atoms with van der Waals surface area (Å²) in [4.78, 5) is 12.5. The fourth-order valence-corrected chi connectivity index (χ4v) is 3.58. The van der Waals surface area contributed by atoms with Crippen molar-refractivity contribution in [3.05, 3.63) is 71.8 Å². The number of carbonyl (C=O) groups is 1. The number of nitrogens with one attached hydrogen (secondary N) is 2. The molecule has 1 amide bonds. The van der Waals surface area contributed by atoms with Crippen LogP contribution in [-0.2, 0) is 0 Å². The third-order valence-corrected chi connectivity index (χ3v) is 5.07. The zero-order valence-electron chi connectivity index (χ0n) is 16.0. The normalized spacial score (nSPS) is 14.0. The van der Waals surface area contributed by atoms with Crippen LogP contribution in [0.5, 0.6) is 0 Å². The third kappa shape index (κ3) is 4.36. The topological polar surface area (TPSA) is 66.9 Å². The number of aryl methyl sites for hydroxylation is 1. The van der Waals surface area contributed by atoms with E-state index in [1.807, 2.05) is 48.5 Å². The first kappa shape index (κ1) is 18.2. The molecule has 0 atom stereocenters. The smallest absolute Gasteiger partial charge is 0.251 e. The van der Waals surface area contributed by atoms with Crippen LogP contribution < -0.4 is 10.6 Å². The lowest BCUT2D eigenvalue weighted by Crippen LogP contribution is -2.32. The minimum absolute atomic E-state index is 0.0172. The molecule has 1 aliphatic rings. The average Bonchev–Trinajstić information content (AvgIpc) is 3.22. The molecule has 2 aromatic carbocycles. The van der Waals surface area contributed by atoms with Crippen molar-refractivity contribution in [1.82, 2.24) is 15.5 Å². The molecule has 5 nitrogen and oxygen atoms in total. The molecule has 1 aliphatic carbocycles. The number of hydrogen-bond acceptors (Lipinski definition) is 4. The van der Waals surface area contributed by atoms with Gasteiger partial charge >= 0.3 is 0 Å². The maximum atomic E-state index is 12.5. The van der Waals surface area contributed by atoms with E-state index >= 15 is 0 Å². The molecule has 1 saturated carbocycles. The zero-order valence-corrected chi connectivity index (χ0v) is 16.0. The molecule has 0 unspecified atom stereocenters. The van der Waals surface area contributed by atoms with Crippen molar-refractivity contribution in [2.75, 3.05) is 5.32 Å². The van der Waals surface area contributed by atoms with Gasteiger partial charge in [0.05, 0.1) is 5.69 Å². The molecule has 0 saturated heterocycles. The predicted molar refractivity (Wildman–Crippen MR) is 112 cm³/mol. The van der Waals surface area contributed by atoms with Gasteiger partial charge in [0.25, 0.3) is 5.91 Å². The van der Waals surface area contributed by atoms with E-state index in [1.54, 1.807) is 0 Å². The van der Waals surface area contributed by atoms with Crippen LogP contribution in [0.25, 0.3) is 11.3 Å². The van der Waals surface area contributed by atoms with Crippen LogP contribution in [0, 0.1) is 6.92 Å². The van der Waals surface area contributed by atoms with Crippen LogP contribution in [-0.4, -0.2) is 22.1 Å². The van der Waals surface area contributed by atoms with Crippen molar-refractivity contribution in [1.29, 1.82) is 0 Å². The molecular weight excluding hydrogens is 348 g/mol. The quantitative estimate of drug-likeness (QED) is 0.671. The van der Waals surface area contributed by atoms with Crippen molar-refractivity contribution in [3.8, 4) is 11.3 Å².